The minimum absolute atomic E-state index is 0.275. The van der Waals surface area contributed by atoms with Crippen LogP contribution in [0.25, 0.3) is 5.69 Å². The van der Waals surface area contributed by atoms with Crippen molar-refractivity contribution >= 4 is 5.78 Å². The standard InChI is InChI=1S/C17H19NO2/c1-12-10-14-16(8-5-9-17(14)19)18(12)15-7-4-3-6-13(15)11-20-2/h3-4,6-7,10H,5,8-9,11H2,1-2H3. The highest BCUT2D eigenvalue weighted by Gasteiger charge is 2.23. The number of benzene rings is 1. The molecule has 3 heteroatoms. The molecule has 104 valence electrons. The van der Waals surface area contributed by atoms with E-state index in [1.165, 1.54) is 0 Å². The van der Waals surface area contributed by atoms with Gasteiger partial charge in [-0.05, 0) is 31.9 Å². The predicted octanol–water partition coefficient (Wildman–Crippen LogP) is 3.45. The van der Waals surface area contributed by atoms with E-state index < -0.39 is 0 Å². The van der Waals surface area contributed by atoms with Crippen molar-refractivity contribution in [1.82, 2.24) is 4.57 Å². The largest absolute Gasteiger partial charge is 0.380 e. The summed E-state index contributed by atoms with van der Waals surface area (Å²) in [6, 6.07) is 10.3. The molecule has 0 amide bonds. The third-order valence-corrected chi connectivity index (χ3v) is 3.94. The normalized spacial score (nSPS) is 14.4. The molecule has 0 saturated heterocycles. The molecule has 0 atom stereocenters. The minimum atomic E-state index is 0.275. The van der Waals surface area contributed by atoms with E-state index >= 15 is 0 Å². The van der Waals surface area contributed by atoms with E-state index in [4.69, 9.17) is 4.74 Å². The third-order valence-electron chi connectivity index (χ3n) is 3.94. The first kappa shape index (κ1) is 13.1. The van der Waals surface area contributed by atoms with Gasteiger partial charge in [0, 0.05) is 36.0 Å². The summed E-state index contributed by atoms with van der Waals surface area (Å²) >= 11 is 0. The maximum absolute atomic E-state index is 12.1. The molecule has 0 spiro atoms. The highest BCUT2D eigenvalue weighted by atomic mass is 16.5. The number of para-hydroxylation sites is 1. The molecule has 1 aliphatic rings. The number of rotatable bonds is 3. The highest BCUT2D eigenvalue weighted by Crippen LogP contribution is 2.29. The third kappa shape index (κ3) is 2.08. The van der Waals surface area contributed by atoms with Crippen LogP contribution in [0.15, 0.2) is 30.3 Å². The van der Waals surface area contributed by atoms with Gasteiger partial charge in [-0.2, -0.15) is 0 Å². The number of fused-ring (bicyclic) bond motifs is 1. The first-order chi connectivity index (χ1) is 9.72. The molecular weight excluding hydrogens is 250 g/mol. The van der Waals surface area contributed by atoms with E-state index in [1.54, 1.807) is 7.11 Å². The smallest absolute Gasteiger partial charge is 0.164 e. The Hall–Kier alpha value is -1.87. The zero-order valence-corrected chi connectivity index (χ0v) is 12.0. The van der Waals surface area contributed by atoms with Crippen molar-refractivity contribution in [2.24, 2.45) is 0 Å². The molecule has 0 bridgehead atoms. The summed E-state index contributed by atoms with van der Waals surface area (Å²) in [7, 11) is 1.71. The van der Waals surface area contributed by atoms with Gasteiger partial charge in [0.2, 0.25) is 0 Å². The molecule has 0 saturated carbocycles. The Balaban J connectivity index is 2.18. The predicted molar refractivity (Wildman–Crippen MR) is 78.5 cm³/mol. The summed E-state index contributed by atoms with van der Waals surface area (Å²) in [5.41, 5.74) is 5.45. The number of Topliss-reactive ketones (excluding diaryl/α,β-unsaturated/α-hetero) is 1. The topological polar surface area (TPSA) is 31.2 Å². The Bertz CT molecular complexity index is 655. The number of carbonyl (C=O) groups is 1. The average Bonchev–Trinajstić information content (AvgIpc) is 2.78. The van der Waals surface area contributed by atoms with E-state index in [2.05, 4.69) is 23.6 Å². The lowest BCUT2D eigenvalue weighted by atomic mass is 9.96. The summed E-state index contributed by atoms with van der Waals surface area (Å²) in [5, 5.41) is 0. The first-order valence-corrected chi connectivity index (χ1v) is 7.04. The second-order valence-electron chi connectivity index (χ2n) is 5.32. The molecule has 1 heterocycles. The number of aryl methyl sites for hydroxylation is 1. The van der Waals surface area contributed by atoms with E-state index in [1.807, 2.05) is 18.2 Å². The Labute approximate surface area is 119 Å². The lowest BCUT2D eigenvalue weighted by molar-refractivity contribution is 0.0972. The van der Waals surface area contributed by atoms with Gasteiger partial charge >= 0.3 is 0 Å². The van der Waals surface area contributed by atoms with Crippen molar-refractivity contribution < 1.29 is 9.53 Å². The van der Waals surface area contributed by atoms with Gasteiger partial charge in [0.25, 0.3) is 0 Å². The van der Waals surface area contributed by atoms with E-state index in [0.29, 0.717) is 13.0 Å². The average molecular weight is 269 g/mol. The zero-order chi connectivity index (χ0) is 14.1. The molecule has 20 heavy (non-hydrogen) atoms. The number of aromatic nitrogens is 1. The second kappa shape index (κ2) is 5.25. The fraction of sp³-hybridized carbons (Fsp3) is 0.353. The maximum atomic E-state index is 12.1. The number of hydrogen-bond donors (Lipinski definition) is 0. The number of nitrogens with zero attached hydrogens (tertiary/aromatic N) is 1. The van der Waals surface area contributed by atoms with Crippen LogP contribution in [0, 0.1) is 6.92 Å². The van der Waals surface area contributed by atoms with Crippen LogP contribution in [0.3, 0.4) is 0 Å². The van der Waals surface area contributed by atoms with Crippen LogP contribution in [0.4, 0.5) is 0 Å². The Morgan fingerprint density at radius 3 is 2.85 bits per heavy atom. The van der Waals surface area contributed by atoms with Crippen molar-refractivity contribution in [2.45, 2.75) is 32.8 Å². The maximum Gasteiger partial charge on any atom is 0.164 e. The van der Waals surface area contributed by atoms with E-state index in [9.17, 15) is 4.79 Å². The van der Waals surface area contributed by atoms with Gasteiger partial charge in [-0.3, -0.25) is 4.79 Å². The summed E-state index contributed by atoms with van der Waals surface area (Å²) < 4.78 is 7.51. The second-order valence-corrected chi connectivity index (χ2v) is 5.32. The summed E-state index contributed by atoms with van der Waals surface area (Å²) in [6.07, 6.45) is 2.59. The van der Waals surface area contributed by atoms with Gasteiger partial charge < -0.3 is 9.30 Å². The monoisotopic (exact) mass is 269 g/mol. The van der Waals surface area contributed by atoms with Crippen LogP contribution in [0.5, 0.6) is 0 Å². The summed E-state index contributed by atoms with van der Waals surface area (Å²) in [5.74, 6) is 0.275. The van der Waals surface area contributed by atoms with Crippen LogP contribution in [-0.2, 0) is 17.8 Å². The number of ether oxygens (including phenoxy) is 1. The van der Waals surface area contributed by atoms with Gasteiger partial charge in [0.05, 0.1) is 12.3 Å². The number of ketones is 1. The number of hydrogen-bond acceptors (Lipinski definition) is 2. The fourth-order valence-electron chi connectivity index (χ4n) is 3.07. The number of carbonyl (C=O) groups excluding carboxylic acids is 1. The Morgan fingerprint density at radius 2 is 2.05 bits per heavy atom. The molecule has 0 N–H and O–H groups in total. The molecular formula is C17H19NO2. The summed E-state index contributed by atoms with van der Waals surface area (Å²) in [6.45, 7) is 2.64. The molecule has 0 fully saturated rings. The van der Waals surface area contributed by atoms with E-state index in [-0.39, 0.29) is 5.78 Å². The molecule has 3 nitrogen and oxygen atoms in total. The van der Waals surface area contributed by atoms with Gasteiger partial charge in [-0.15, -0.1) is 0 Å². The minimum Gasteiger partial charge on any atom is -0.380 e. The number of methoxy groups -OCH3 is 1. The van der Waals surface area contributed by atoms with Crippen molar-refractivity contribution in [3.8, 4) is 5.69 Å². The Morgan fingerprint density at radius 1 is 1.25 bits per heavy atom. The van der Waals surface area contributed by atoms with Crippen molar-refractivity contribution in [3.63, 3.8) is 0 Å². The van der Waals surface area contributed by atoms with Crippen LogP contribution in [-0.4, -0.2) is 17.5 Å². The molecule has 2 aromatic rings. The van der Waals surface area contributed by atoms with Crippen LogP contribution in [0.2, 0.25) is 0 Å². The van der Waals surface area contributed by atoms with E-state index in [0.717, 1.165) is 41.0 Å². The molecule has 0 unspecified atom stereocenters. The highest BCUT2D eigenvalue weighted by molar-refractivity contribution is 5.98. The van der Waals surface area contributed by atoms with Gasteiger partial charge in [-0.1, -0.05) is 18.2 Å². The molecule has 0 aliphatic heterocycles. The van der Waals surface area contributed by atoms with Gasteiger partial charge in [0.1, 0.15) is 0 Å². The lowest BCUT2D eigenvalue weighted by Crippen LogP contribution is -2.13. The molecule has 1 aromatic heterocycles. The van der Waals surface area contributed by atoms with Crippen molar-refractivity contribution in [2.75, 3.05) is 7.11 Å². The zero-order valence-electron chi connectivity index (χ0n) is 12.0. The van der Waals surface area contributed by atoms with Crippen LogP contribution in [0.1, 0.15) is 40.2 Å². The fourth-order valence-corrected chi connectivity index (χ4v) is 3.07. The molecule has 3 rings (SSSR count). The lowest BCUT2D eigenvalue weighted by Gasteiger charge is -2.18. The Kier molecular flexibility index (Phi) is 3.45. The molecule has 1 aromatic carbocycles. The van der Waals surface area contributed by atoms with Crippen LogP contribution >= 0.6 is 0 Å². The SMILES string of the molecule is COCc1ccccc1-n1c(C)cc2c1CCCC2=O. The molecule has 1 aliphatic carbocycles. The van der Waals surface area contributed by atoms with Crippen molar-refractivity contribution in [3.05, 3.63) is 52.8 Å². The quantitative estimate of drug-likeness (QED) is 0.854. The molecule has 0 radical (unpaired) electrons. The summed E-state index contributed by atoms with van der Waals surface area (Å²) in [4.78, 5) is 12.1. The van der Waals surface area contributed by atoms with Gasteiger partial charge in [0.15, 0.2) is 5.78 Å². The van der Waals surface area contributed by atoms with Gasteiger partial charge in [-0.25, -0.2) is 0 Å². The van der Waals surface area contributed by atoms with Crippen LogP contribution < -0.4 is 0 Å². The first-order valence-electron chi connectivity index (χ1n) is 7.04. The van der Waals surface area contributed by atoms with Crippen molar-refractivity contribution in [1.29, 1.82) is 0 Å².